The summed E-state index contributed by atoms with van der Waals surface area (Å²) in [6, 6.07) is 16.3. The van der Waals surface area contributed by atoms with E-state index < -0.39 is 23.8 Å². The standard InChI is InChI=1S/C47H63N3O7/c1-27(13-16-40(54)48-26-41(55)56)34-14-15-35-43-36(23-39(53)46(34,35)5)45(4)19-20-47(57,24-32(45)22-38(43)52)18-17-30-9-8-10-31(21-30)25-49-44-33-11-6-7-12-37(33)50-28(2)42(44)29(3)51/h6-12,21,27,32,34-36,38-39,43,52-53,57H,13-20,22-26H2,1-5H3,(H,48,54)(H,49,50)(H,55,56). The second-order valence-corrected chi connectivity index (χ2v) is 18.9. The molecular weight excluding hydrogens is 719 g/mol. The molecule has 1 heterocycles. The van der Waals surface area contributed by atoms with Gasteiger partial charge in [-0.1, -0.05) is 63.2 Å². The van der Waals surface area contributed by atoms with E-state index in [1.807, 2.05) is 31.2 Å². The van der Waals surface area contributed by atoms with Crippen molar-refractivity contribution >= 4 is 34.3 Å². The maximum absolute atomic E-state index is 12.7. The Hall–Kier alpha value is -3.86. The number of ketones is 1. The number of aliphatic carboxylic acids is 1. The predicted molar refractivity (Wildman–Crippen MR) is 221 cm³/mol. The van der Waals surface area contributed by atoms with Crippen molar-refractivity contribution < 1.29 is 34.8 Å². The lowest BCUT2D eigenvalue weighted by atomic mass is 9.42. The molecule has 7 rings (SSSR count). The van der Waals surface area contributed by atoms with Crippen LogP contribution in [0.4, 0.5) is 5.69 Å². The fraction of sp³-hybridized carbons (Fsp3) is 0.617. The third kappa shape index (κ3) is 7.86. The molecule has 0 aliphatic heterocycles. The molecule has 4 aliphatic rings. The van der Waals surface area contributed by atoms with Crippen LogP contribution in [0.1, 0.15) is 119 Å². The molecule has 1 aromatic heterocycles. The summed E-state index contributed by atoms with van der Waals surface area (Å²) < 4.78 is 0. The number of anilines is 1. The number of carboxylic acid groups (broad SMARTS) is 1. The van der Waals surface area contributed by atoms with Crippen molar-refractivity contribution in [2.45, 2.75) is 130 Å². The van der Waals surface area contributed by atoms with Gasteiger partial charge in [-0.3, -0.25) is 19.4 Å². The molecule has 0 saturated heterocycles. The minimum absolute atomic E-state index is 0.0210. The maximum atomic E-state index is 12.7. The summed E-state index contributed by atoms with van der Waals surface area (Å²) in [7, 11) is 0. The molecule has 4 fully saturated rings. The lowest BCUT2D eigenvalue weighted by Crippen LogP contribution is -2.63. The quantitative estimate of drug-likeness (QED) is 0.0980. The van der Waals surface area contributed by atoms with Gasteiger partial charge in [0.2, 0.25) is 5.91 Å². The highest BCUT2D eigenvalue weighted by Crippen LogP contribution is 2.69. The summed E-state index contributed by atoms with van der Waals surface area (Å²) in [6.45, 7) is 10.4. The van der Waals surface area contributed by atoms with Crippen LogP contribution in [0.5, 0.6) is 0 Å². The SMILES string of the molecule is CC(=O)c1c(C)nc2ccccc2c1NCc1cccc(CCC2(O)CCC3(C)C(CC(O)C4C3CC(O)C3(C)C(C(C)CCC(=O)NCC(=O)O)CCC43)C2)c1. The first-order chi connectivity index (χ1) is 27.0. The summed E-state index contributed by atoms with van der Waals surface area (Å²) in [5.74, 6) is -0.330. The lowest BCUT2D eigenvalue weighted by molar-refractivity contribution is -0.216. The fourth-order valence-electron chi connectivity index (χ4n) is 12.7. The Bertz CT molecular complexity index is 2000. The maximum Gasteiger partial charge on any atom is 0.322 e. The number of hydrogen-bond acceptors (Lipinski definition) is 8. The minimum Gasteiger partial charge on any atom is -0.480 e. The number of nitrogens with zero attached hydrogens (tertiary/aromatic N) is 1. The number of nitrogens with one attached hydrogen (secondary N) is 2. The topological polar surface area (TPSA) is 169 Å². The Morgan fingerprint density at radius 3 is 2.49 bits per heavy atom. The molecule has 0 spiro atoms. The number of benzene rings is 2. The number of carboxylic acids is 1. The van der Waals surface area contributed by atoms with Crippen LogP contribution in [-0.4, -0.2) is 67.4 Å². The average molecular weight is 782 g/mol. The Morgan fingerprint density at radius 1 is 0.982 bits per heavy atom. The van der Waals surface area contributed by atoms with E-state index in [0.29, 0.717) is 56.3 Å². The number of fused-ring (bicyclic) bond motifs is 6. The van der Waals surface area contributed by atoms with Crippen LogP contribution < -0.4 is 10.6 Å². The van der Waals surface area contributed by atoms with Crippen molar-refractivity contribution in [2.24, 2.45) is 46.3 Å². The highest BCUT2D eigenvalue weighted by atomic mass is 16.4. The number of aliphatic hydroxyl groups excluding tert-OH is 2. The molecule has 1 amide bonds. The van der Waals surface area contributed by atoms with E-state index in [4.69, 9.17) is 5.11 Å². The molecule has 10 heteroatoms. The molecule has 3 aromatic rings. The molecule has 10 nitrogen and oxygen atoms in total. The number of hydrogen-bond donors (Lipinski definition) is 6. The molecule has 6 N–H and O–H groups in total. The molecule has 4 saturated carbocycles. The Balaban J connectivity index is 0.989. The molecular formula is C47H63N3O7. The number of aromatic nitrogens is 1. The van der Waals surface area contributed by atoms with E-state index in [1.165, 1.54) is 0 Å². The number of carbonyl (C=O) groups excluding carboxylic acids is 2. The summed E-state index contributed by atoms with van der Waals surface area (Å²) in [6.07, 6.45) is 6.68. The first-order valence-corrected chi connectivity index (χ1v) is 21.3. The van der Waals surface area contributed by atoms with Crippen molar-refractivity contribution in [3.8, 4) is 0 Å². The average Bonchev–Trinajstić information content (AvgIpc) is 3.53. The molecule has 0 bridgehead atoms. The van der Waals surface area contributed by atoms with Gasteiger partial charge in [-0.05, 0) is 142 Å². The molecule has 11 unspecified atom stereocenters. The number of pyridine rings is 1. The van der Waals surface area contributed by atoms with Crippen LogP contribution in [-0.2, 0) is 22.6 Å². The number of aryl methyl sites for hydroxylation is 2. The molecule has 57 heavy (non-hydrogen) atoms. The summed E-state index contributed by atoms with van der Waals surface area (Å²) in [4.78, 5) is 40.5. The highest BCUT2D eigenvalue weighted by molar-refractivity contribution is 6.08. The number of carbonyl (C=O) groups is 3. The van der Waals surface area contributed by atoms with E-state index in [-0.39, 0.29) is 71.0 Å². The van der Waals surface area contributed by atoms with Gasteiger partial charge in [-0.25, -0.2) is 0 Å². The van der Waals surface area contributed by atoms with E-state index in [1.54, 1.807) is 6.92 Å². The van der Waals surface area contributed by atoms with Crippen molar-refractivity contribution in [1.29, 1.82) is 0 Å². The molecule has 2 aromatic carbocycles. The first kappa shape index (κ1) is 41.3. The van der Waals surface area contributed by atoms with Crippen molar-refractivity contribution in [3.63, 3.8) is 0 Å². The zero-order chi connectivity index (χ0) is 40.9. The van der Waals surface area contributed by atoms with Gasteiger partial charge in [0.05, 0.1) is 40.3 Å². The van der Waals surface area contributed by atoms with E-state index in [0.717, 1.165) is 53.4 Å². The predicted octanol–water partition coefficient (Wildman–Crippen LogP) is 7.24. The van der Waals surface area contributed by atoms with Crippen LogP contribution >= 0.6 is 0 Å². The largest absolute Gasteiger partial charge is 0.480 e. The number of rotatable bonds is 13. The van der Waals surface area contributed by atoms with Gasteiger partial charge in [-0.15, -0.1) is 0 Å². The molecule has 308 valence electrons. The normalized spacial score (nSPS) is 33.8. The molecule has 0 radical (unpaired) electrons. The Morgan fingerprint density at radius 2 is 1.74 bits per heavy atom. The van der Waals surface area contributed by atoms with Gasteiger partial charge in [0.1, 0.15) is 6.54 Å². The van der Waals surface area contributed by atoms with Crippen LogP contribution in [0.3, 0.4) is 0 Å². The number of para-hydroxylation sites is 1. The van der Waals surface area contributed by atoms with Crippen LogP contribution in [0.15, 0.2) is 48.5 Å². The van der Waals surface area contributed by atoms with Gasteiger partial charge in [0, 0.05) is 18.4 Å². The number of amides is 1. The van der Waals surface area contributed by atoms with Gasteiger partial charge < -0.3 is 31.1 Å². The number of aliphatic hydroxyl groups is 3. The number of Topliss-reactive ketones (excluding diaryl/α,β-unsaturated/α-hetero) is 1. The third-order valence-corrected chi connectivity index (χ3v) is 15.7. The summed E-state index contributed by atoms with van der Waals surface area (Å²) >= 11 is 0. The smallest absolute Gasteiger partial charge is 0.322 e. The lowest BCUT2D eigenvalue weighted by Gasteiger charge is -2.64. The fourth-order valence-corrected chi connectivity index (χ4v) is 12.7. The zero-order valence-electron chi connectivity index (χ0n) is 34.4. The summed E-state index contributed by atoms with van der Waals surface area (Å²) in [5, 5.41) is 52.0. The van der Waals surface area contributed by atoms with Crippen LogP contribution in [0, 0.1) is 53.3 Å². The van der Waals surface area contributed by atoms with Crippen molar-refractivity contribution in [3.05, 3.63) is 70.9 Å². The van der Waals surface area contributed by atoms with E-state index >= 15 is 0 Å². The van der Waals surface area contributed by atoms with Crippen LogP contribution in [0.2, 0.25) is 0 Å². The second kappa shape index (κ2) is 16.1. The molecule has 11 atom stereocenters. The highest BCUT2D eigenvalue weighted by Gasteiger charge is 2.66. The third-order valence-electron chi connectivity index (χ3n) is 15.7. The van der Waals surface area contributed by atoms with Gasteiger partial charge in [-0.2, -0.15) is 0 Å². The Labute approximate surface area is 337 Å². The van der Waals surface area contributed by atoms with E-state index in [2.05, 4.69) is 60.7 Å². The van der Waals surface area contributed by atoms with E-state index in [9.17, 15) is 29.7 Å². The van der Waals surface area contributed by atoms with Crippen LogP contribution in [0.25, 0.3) is 10.9 Å². The Kier molecular flexibility index (Phi) is 11.6. The summed E-state index contributed by atoms with van der Waals surface area (Å²) in [5.41, 5.74) is 3.96. The second-order valence-electron chi connectivity index (χ2n) is 18.9. The zero-order valence-corrected chi connectivity index (χ0v) is 34.4. The molecule has 4 aliphatic carbocycles. The van der Waals surface area contributed by atoms with Gasteiger partial charge >= 0.3 is 5.97 Å². The minimum atomic E-state index is -1.06. The first-order valence-electron chi connectivity index (χ1n) is 21.3. The van der Waals surface area contributed by atoms with Gasteiger partial charge in [0.15, 0.2) is 5.78 Å². The van der Waals surface area contributed by atoms with Crippen molar-refractivity contribution in [1.82, 2.24) is 10.3 Å². The monoisotopic (exact) mass is 781 g/mol. The van der Waals surface area contributed by atoms with Gasteiger partial charge in [0.25, 0.3) is 0 Å². The van der Waals surface area contributed by atoms with Crippen molar-refractivity contribution in [2.75, 3.05) is 11.9 Å².